The van der Waals surface area contributed by atoms with Crippen LogP contribution in [0.5, 0.6) is 0 Å². The maximum absolute atomic E-state index is 12.6. The van der Waals surface area contributed by atoms with Crippen molar-refractivity contribution in [3.8, 4) is 0 Å². The molecule has 5 nitrogen and oxygen atoms in total. The molecule has 1 saturated heterocycles. The van der Waals surface area contributed by atoms with E-state index in [4.69, 9.17) is 0 Å². The van der Waals surface area contributed by atoms with E-state index in [1.807, 2.05) is 13.0 Å². The third kappa shape index (κ3) is 3.83. The summed E-state index contributed by atoms with van der Waals surface area (Å²) in [7, 11) is -3.33. The Bertz CT molecular complexity index is 759. The first kappa shape index (κ1) is 17.0. The summed E-state index contributed by atoms with van der Waals surface area (Å²) >= 11 is 3.04. The Morgan fingerprint density at radius 3 is 2.52 bits per heavy atom. The summed E-state index contributed by atoms with van der Waals surface area (Å²) in [6.07, 6.45) is 0.969. The highest BCUT2D eigenvalue weighted by Crippen LogP contribution is 2.25. The fourth-order valence-electron chi connectivity index (χ4n) is 2.62. The maximum Gasteiger partial charge on any atom is 0.252 e. The van der Waals surface area contributed by atoms with Crippen molar-refractivity contribution in [3.05, 3.63) is 33.1 Å². The summed E-state index contributed by atoms with van der Waals surface area (Å²) in [6.45, 7) is 7.44. The van der Waals surface area contributed by atoms with Crippen LogP contribution in [0.3, 0.4) is 0 Å². The molecule has 0 aromatic carbocycles. The largest absolute Gasteiger partial charge is 0.295 e. The number of hydrogen-bond acceptors (Lipinski definition) is 6. The van der Waals surface area contributed by atoms with E-state index in [2.05, 4.69) is 22.2 Å². The summed E-state index contributed by atoms with van der Waals surface area (Å²) < 4.78 is 27.3. The highest BCUT2D eigenvalue weighted by Gasteiger charge is 2.29. The summed E-state index contributed by atoms with van der Waals surface area (Å²) in [5.74, 6) is 0. The van der Waals surface area contributed by atoms with E-state index in [1.54, 1.807) is 21.7 Å². The number of nitrogens with zero attached hydrogens (tertiary/aromatic N) is 3. The molecule has 8 heteroatoms. The van der Waals surface area contributed by atoms with Gasteiger partial charge < -0.3 is 0 Å². The van der Waals surface area contributed by atoms with E-state index in [0.29, 0.717) is 17.3 Å². The Kier molecular flexibility index (Phi) is 5.17. The van der Waals surface area contributed by atoms with Gasteiger partial charge in [-0.1, -0.05) is 6.92 Å². The first-order chi connectivity index (χ1) is 11.0. The molecule has 0 radical (unpaired) electrons. The minimum Gasteiger partial charge on any atom is -0.295 e. The summed E-state index contributed by atoms with van der Waals surface area (Å²) in [5, 5.41) is 3.27. The van der Waals surface area contributed by atoms with Crippen LogP contribution in [0.1, 0.15) is 22.5 Å². The molecule has 0 bridgehead atoms. The number of thiophene rings is 1. The van der Waals surface area contributed by atoms with Crippen LogP contribution in [0, 0.1) is 6.92 Å². The molecule has 1 aliphatic rings. The Morgan fingerprint density at radius 1 is 1.22 bits per heavy atom. The molecule has 0 saturated carbocycles. The number of sulfonamides is 1. The molecule has 126 valence electrons. The first-order valence-electron chi connectivity index (χ1n) is 7.71. The van der Waals surface area contributed by atoms with Gasteiger partial charge in [-0.15, -0.1) is 22.7 Å². The zero-order valence-electron chi connectivity index (χ0n) is 13.4. The van der Waals surface area contributed by atoms with Crippen molar-refractivity contribution in [2.75, 3.05) is 26.2 Å². The van der Waals surface area contributed by atoms with Crippen LogP contribution >= 0.6 is 22.7 Å². The van der Waals surface area contributed by atoms with Gasteiger partial charge in [-0.05, 0) is 25.5 Å². The van der Waals surface area contributed by atoms with Crippen LogP contribution in [0.15, 0.2) is 21.7 Å². The molecule has 2 aromatic heterocycles. The second-order valence-corrected chi connectivity index (χ2v) is 10.0. The second kappa shape index (κ2) is 6.98. The average molecular weight is 372 g/mol. The predicted octanol–water partition coefficient (Wildman–Crippen LogP) is 2.58. The fraction of sp³-hybridized carbons (Fsp3) is 0.533. The van der Waals surface area contributed by atoms with Gasteiger partial charge in [0.2, 0.25) is 0 Å². The Hall–Kier alpha value is -0.800. The number of aromatic nitrogens is 1. The molecule has 0 aliphatic carbocycles. The Balaban J connectivity index is 1.59. The first-order valence-corrected chi connectivity index (χ1v) is 10.8. The predicted molar refractivity (Wildman–Crippen MR) is 94.6 cm³/mol. The van der Waals surface area contributed by atoms with Gasteiger partial charge in [0.25, 0.3) is 10.0 Å². The Morgan fingerprint density at radius 2 is 1.96 bits per heavy atom. The lowest BCUT2D eigenvalue weighted by molar-refractivity contribution is 0.180. The number of thiazole rings is 1. The molecule has 0 amide bonds. The zero-order valence-corrected chi connectivity index (χ0v) is 15.8. The molecule has 1 aliphatic heterocycles. The lowest BCUT2D eigenvalue weighted by Gasteiger charge is -2.33. The lowest BCUT2D eigenvalue weighted by atomic mass is 10.3. The van der Waals surface area contributed by atoms with Crippen molar-refractivity contribution in [1.29, 1.82) is 0 Å². The van der Waals surface area contributed by atoms with Crippen LogP contribution in [0.25, 0.3) is 0 Å². The van der Waals surface area contributed by atoms with E-state index in [-0.39, 0.29) is 0 Å². The van der Waals surface area contributed by atoms with Gasteiger partial charge in [0.1, 0.15) is 4.21 Å². The molecule has 0 spiro atoms. The van der Waals surface area contributed by atoms with E-state index in [0.717, 1.165) is 41.6 Å². The van der Waals surface area contributed by atoms with Gasteiger partial charge in [0, 0.05) is 43.0 Å². The van der Waals surface area contributed by atoms with Crippen LogP contribution in [0.2, 0.25) is 0 Å². The maximum atomic E-state index is 12.6. The minimum atomic E-state index is -3.33. The van der Waals surface area contributed by atoms with Crippen LogP contribution in [0.4, 0.5) is 0 Å². The van der Waals surface area contributed by atoms with E-state index in [9.17, 15) is 8.42 Å². The van der Waals surface area contributed by atoms with Gasteiger partial charge in [0.15, 0.2) is 0 Å². The topological polar surface area (TPSA) is 53.5 Å². The fourth-order valence-corrected chi connectivity index (χ4v) is 6.21. The van der Waals surface area contributed by atoms with Crippen molar-refractivity contribution in [2.24, 2.45) is 0 Å². The van der Waals surface area contributed by atoms with Gasteiger partial charge >= 0.3 is 0 Å². The third-order valence-corrected chi connectivity index (χ3v) is 8.34. The van der Waals surface area contributed by atoms with E-state index in [1.165, 1.54) is 11.3 Å². The van der Waals surface area contributed by atoms with Crippen molar-refractivity contribution in [2.45, 2.75) is 31.0 Å². The molecule has 23 heavy (non-hydrogen) atoms. The number of hydrogen-bond donors (Lipinski definition) is 0. The van der Waals surface area contributed by atoms with E-state index < -0.39 is 10.0 Å². The molecular formula is C15H21N3O2S3. The minimum absolute atomic E-state index is 0.454. The highest BCUT2D eigenvalue weighted by atomic mass is 32.2. The normalized spacial score (nSPS) is 17.7. The molecule has 3 rings (SSSR count). The van der Waals surface area contributed by atoms with Gasteiger partial charge in [0.05, 0.1) is 10.7 Å². The third-order valence-electron chi connectivity index (χ3n) is 3.93. The van der Waals surface area contributed by atoms with Gasteiger partial charge in [-0.3, -0.25) is 4.90 Å². The summed E-state index contributed by atoms with van der Waals surface area (Å²) in [5.41, 5.74) is 1.09. The summed E-state index contributed by atoms with van der Waals surface area (Å²) in [4.78, 5) is 7.89. The smallest absolute Gasteiger partial charge is 0.252 e. The molecule has 0 atom stereocenters. The zero-order chi connectivity index (χ0) is 16.4. The van der Waals surface area contributed by atoms with Crippen LogP contribution in [-0.4, -0.2) is 48.8 Å². The van der Waals surface area contributed by atoms with Crippen molar-refractivity contribution in [1.82, 2.24) is 14.2 Å². The average Bonchev–Trinajstić information content (AvgIpc) is 3.17. The van der Waals surface area contributed by atoms with E-state index >= 15 is 0 Å². The molecule has 2 aromatic rings. The summed E-state index contributed by atoms with van der Waals surface area (Å²) in [6, 6.07) is 3.57. The molecule has 1 fully saturated rings. The lowest BCUT2D eigenvalue weighted by Crippen LogP contribution is -2.48. The van der Waals surface area contributed by atoms with Gasteiger partial charge in [-0.25, -0.2) is 13.4 Å². The monoisotopic (exact) mass is 371 g/mol. The van der Waals surface area contributed by atoms with Crippen LogP contribution in [-0.2, 0) is 23.0 Å². The van der Waals surface area contributed by atoms with Crippen molar-refractivity contribution >= 4 is 32.7 Å². The number of piperazine rings is 1. The van der Waals surface area contributed by atoms with Gasteiger partial charge in [-0.2, -0.15) is 4.31 Å². The van der Waals surface area contributed by atoms with Crippen molar-refractivity contribution < 1.29 is 8.42 Å². The van der Waals surface area contributed by atoms with Crippen LogP contribution < -0.4 is 0 Å². The molecule has 0 unspecified atom stereocenters. The standard InChI is InChI=1S/C15H21N3O2S3/c1-3-14-16-13(11-21-14)10-17-6-8-18(9-7-17)23(19,20)15-5-4-12(2)22-15/h4-5,11H,3,6-10H2,1-2H3. The van der Waals surface area contributed by atoms with Crippen molar-refractivity contribution in [3.63, 3.8) is 0 Å². The molecular weight excluding hydrogens is 350 g/mol. The highest BCUT2D eigenvalue weighted by molar-refractivity contribution is 7.91. The SMILES string of the molecule is CCc1nc(CN2CCN(S(=O)(=O)c3ccc(C)s3)CC2)cs1. The number of aryl methyl sites for hydroxylation is 2. The second-order valence-electron chi connectivity index (χ2n) is 5.63. The number of rotatable bonds is 5. The molecule has 3 heterocycles. The Labute approximate surface area is 145 Å². The molecule has 0 N–H and O–H groups in total. The quantitative estimate of drug-likeness (QED) is 0.811.